The summed E-state index contributed by atoms with van der Waals surface area (Å²) in [4.78, 5) is 9.73. The Labute approximate surface area is 132 Å². The molecule has 1 unspecified atom stereocenters. The Kier molecular flexibility index (Phi) is 3.53. The van der Waals surface area contributed by atoms with Crippen LogP contribution < -0.4 is 15.8 Å². The third-order valence-corrected chi connectivity index (χ3v) is 3.49. The van der Waals surface area contributed by atoms with E-state index in [1.165, 1.54) is 17.1 Å². The van der Waals surface area contributed by atoms with Crippen molar-refractivity contribution >= 4 is 35.1 Å². The summed E-state index contributed by atoms with van der Waals surface area (Å²) < 4.78 is 38.1. The predicted molar refractivity (Wildman–Crippen MR) is 75.0 cm³/mol. The third-order valence-electron chi connectivity index (χ3n) is 2.99. The van der Waals surface area contributed by atoms with Crippen molar-refractivity contribution in [3.63, 3.8) is 0 Å². The molecule has 0 aliphatic carbocycles. The summed E-state index contributed by atoms with van der Waals surface area (Å²) in [6.45, 7) is 1.74. The van der Waals surface area contributed by atoms with Crippen LogP contribution in [0.2, 0.25) is 10.2 Å². The van der Waals surface area contributed by atoms with Crippen LogP contribution in [0.4, 0.5) is 19.0 Å². The number of fused-ring (bicyclic) bond motifs is 1. The molecule has 0 aromatic carbocycles. The molecule has 22 heavy (non-hydrogen) atoms. The van der Waals surface area contributed by atoms with Gasteiger partial charge < -0.3 is 4.98 Å². The first kappa shape index (κ1) is 15.1. The van der Waals surface area contributed by atoms with E-state index >= 15 is 0 Å². The monoisotopic (exact) mass is 349 g/mol. The number of rotatable bonds is 1. The molecule has 0 bridgehead atoms. The Hall–Kier alpha value is -1.80. The van der Waals surface area contributed by atoms with Crippen LogP contribution in [0, 0.1) is 0 Å². The topological polar surface area (TPSA) is 57.2 Å². The standard InChI is InChI=1S/C12H8Cl2F3N5/c1-5-4-7-9(20-11(18-7)12(15,16)17)21-22(5)10-6(13)2-3-8(14)19-10/h2-5H,1H3,(H,18,20,21). The number of nitrogens with zero attached hydrogens (tertiary/aromatic N) is 4. The van der Waals surface area contributed by atoms with Crippen LogP contribution in [0.5, 0.6) is 0 Å². The molecule has 2 aromatic rings. The molecule has 1 aliphatic heterocycles. The molecule has 3 rings (SSSR count). The maximum absolute atomic E-state index is 12.7. The molecule has 1 N–H and O–H groups in total. The van der Waals surface area contributed by atoms with Crippen molar-refractivity contribution in [2.45, 2.75) is 19.1 Å². The minimum Gasteiger partial charge on any atom is -0.333 e. The molecule has 0 fully saturated rings. The Bertz CT molecular complexity index is 845. The molecule has 5 nitrogen and oxygen atoms in total. The zero-order valence-electron chi connectivity index (χ0n) is 11.0. The van der Waals surface area contributed by atoms with Gasteiger partial charge in [0, 0.05) is 0 Å². The van der Waals surface area contributed by atoms with Crippen LogP contribution in [0.1, 0.15) is 12.7 Å². The molecule has 0 saturated carbocycles. The Morgan fingerprint density at radius 2 is 1.95 bits per heavy atom. The van der Waals surface area contributed by atoms with E-state index in [2.05, 4.69) is 20.1 Å². The van der Waals surface area contributed by atoms with E-state index in [9.17, 15) is 13.2 Å². The van der Waals surface area contributed by atoms with Gasteiger partial charge in [0.15, 0.2) is 11.3 Å². The van der Waals surface area contributed by atoms with Gasteiger partial charge in [0.2, 0.25) is 5.82 Å². The zero-order chi connectivity index (χ0) is 16.1. The molecule has 0 spiro atoms. The fraction of sp³-hybridized carbons (Fsp3) is 0.250. The van der Waals surface area contributed by atoms with E-state index in [1.54, 1.807) is 13.0 Å². The summed E-state index contributed by atoms with van der Waals surface area (Å²) in [6, 6.07) is 2.67. The summed E-state index contributed by atoms with van der Waals surface area (Å²) in [6.07, 6.45) is -3.01. The number of hydrogen-bond donors (Lipinski definition) is 1. The van der Waals surface area contributed by atoms with E-state index in [1.807, 2.05) is 0 Å². The minimum atomic E-state index is -4.57. The van der Waals surface area contributed by atoms with Gasteiger partial charge >= 0.3 is 6.18 Å². The van der Waals surface area contributed by atoms with E-state index in [0.717, 1.165) is 0 Å². The van der Waals surface area contributed by atoms with Gasteiger partial charge in [0.05, 0.1) is 16.4 Å². The van der Waals surface area contributed by atoms with E-state index in [0.29, 0.717) is 0 Å². The second-order valence-corrected chi connectivity index (χ2v) is 5.41. The number of anilines is 1. The van der Waals surface area contributed by atoms with Crippen molar-refractivity contribution < 1.29 is 13.2 Å². The lowest BCUT2D eigenvalue weighted by Gasteiger charge is -2.24. The molecule has 1 aliphatic rings. The lowest BCUT2D eigenvalue weighted by atomic mass is 10.2. The van der Waals surface area contributed by atoms with Gasteiger partial charge in [-0.3, -0.25) is 0 Å². The summed E-state index contributed by atoms with van der Waals surface area (Å²) in [5, 5.41) is 6.14. The average molecular weight is 350 g/mol. The quantitative estimate of drug-likeness (QED) is 0.804. The molecule has 116 valence electrons. The minimum absolute atomic E-state index is 0.0803. The van der Waals surface area contributed by atoms with Crippen molar-refractivity contribution in [2.24, 2.45) is 5.10 Å². The van der Waals surface area contributed by atoms with Gasteiger partial charge in [-0.2, -0.15) is 13.2 Å². The highest BCUT2D eigenvalue weighted by atomic mass is 35.5. The SMILES string of the molecule is CC1C=c2[nH]c(C(F)(F)F)nc2=NN1c1nc(Cl)ccc1Cl. The number of aromatic nitrogens is 3. The largest absolute Gasteiger partial charge is 0.449 e. The summed E-state index contributed by atoms with van der Waals surface area (Å²) in [7, 11) is 0. The molecule has 0 radical (unpaired) electrons. The number of aromatic amines is 1. The maximum atomic E-state index is 12.7. The summed E-state index contributed by atoms with van der Waals surface area (Å²) in [5.41, 5.74) is -0.0803. The Morgan fingerprint density at radius 3 is 2.64 bits per heavy atom. The number of pyridine rings is 1. The number of nitrogens with one attached hydrogen (secondary N) is 1. The smallest absolute Gasteiger partial charge is 0.333 e. The van der Waals surface area contributed by atoms with E-state index in [-0.39, 0.29) is 32.9 Å². The third kappa shape index (κ3) is 2.64. The predicted octanol–water partition coefficient (Wildman–Crippen LogP) is 2.35. The van der Waals surface area contributed by atoms with Crippen LogP contribution >= 0.6 is 23.2 Å². The van der Waals surface area contributed by atoms with Crippen molar-refractivity contribution in [1.29, 1.82) is 0 Å². The van der Waals surface area contributed by atoms with Crippen molar-refractivity contribution in [1.82, 2.24) is 15.0 Å². The Morgan fingerprint density at radius 1 is 1.23 bits per heavy atom. The van der Waals surface area contributed by atoms with Gasteiger partial charge in [-0.15, -0.1) is 5.10 Å². The molecule has 2 aromatic heterocycles. The van der Waals surface area contributed by atoms with Gasteiger partial charge in [-0.25, -0.2) is 15.0 Å². The molecule has 10 heteroatoms. The van der Waals surface area contributed by atoms with E-state index in [4.69, 9.17) is 23.2 Å². The van der Waals surface area contributed by atoms with Crippen LogP contribution in [0.3, 0.4) is 0 Å². The lowest BCUT2D eigenvalue weighted by molar-refractivity contribution is -0.144. The fourth-order valence-corrected chi connectivity index (χ4v) is 2.35. The maximum Gasteiger partial charge on any atom is 0.449 e. The first-order chi connectivity index (χ1) is 10.3. The zero-order valence-corrected chi connectivity index (χ0v) is 12.5. The molecule has 0 saturated heterocycles. The lowest BCUT2D eigenvalue weighted by Crippen LogP contribution is -2.41. The number of imidazole rings is 1. The van der Waals surface area contributed by atoms with Crippen molar-refractivity contribution in [3.8, 4) is 0 Å². The van der Waals surface area contributed by atoms with Crippen LogP contribution in [0.25, 0.3) is 6.08 Å². The van der Waals surface area contributed by atoms with Crippen LogP contribution in [0.15, 0.2) is 17.2 Å². The average Bonchev–Trinajstić information content (AvgIpc) is 2.83. The van der Waals surface area contributed by atoms with Crippen LogP contribution in [-0.2, 0) is 6.18 Å². The second kappa shape index (κ2) is 5.13. The highest BCUT2D eigenvalue weighted by molar-refractivity contribution is 6.34. The molecular formula is C12H8Cl2F3N5. The molecule has 3 heterocycles. The fourth-order valence-electron chi connectivity index (χ4n) is 2.02. The Balaban J connectivity index is 2.13. The highest BCUT2D eigenvalue weighted by Crippen LogP contribution is 2.28. The van der Waals surface area contributed by atoms with Crippen molar-refractivity contribution in [3.05, 3.63) is 39.0 Å². The number of alkyl halides is 3. The first-order valence-corrected chi connectivity index (χ1v) is 6.86. The van der Waals surface area contributed by atoms with Gasteiger partial charge in [-0.1, -0.05) is 23.2 Å². The summed E-state index contributed by atoms with van der Waals surface area (Å²) in [5.74, 6) is -0.850. The van der Waals surface area contributed by atoms with Crippen molar-refractivity contribution in [2.75, 3.05) is 5.01 Å². The number of H-pyrrole nitrogens is 1. The second-order valence-electron chi connectivity index (χ2n) is 4.61. The molecular weight excluding hydrogens is 342 g/mol. The summed E-state index contributed by atoms with van der Waals surface area (Å²) >= 11 is 11.9. The number of hydrogen-bond acceptors (Lipinski definition) is 4. The van der Waals surface area contributed by atoms with Gasteiger partial charge in [0.1, 0.15) is 5.15 Å². The normalized spacial score (nSPS) is 17.7. The van der Waals surface area contributed by atoms with E-state index < -0.39 is 12.0 Å². The molecule has 1 atom stereocenters. The van der Waals surface area contributed by atoms with Crippen LogP contribution in [-0.4, -0.2) is 21.0 Å². The van der Waals surface area contributed by atoms with Gasteiger partial charge in [-0.05, 0) is 25.1 Å². The van der Waals surface area contributed by atoms with Gasteiger partial charge in [0.25, 0.3) is 0 Å². The number of halogens is 5. The first-order valence-electron chi connectivity index (χ1n) is 6.10. The highest BCUT2D eigenvalue weighted by Gasteiger charge is 2.35. The molecule has 0 amide bonds.